The van der Waals surface area contributed by atoms with Crippen LogP contribution in [-0.4, -0.2) is 51.3 Å². The van der Waals surface area contributed by atoms with E-state index in [0.717, 1.165) is 17.4 Å². The van der Waals surface area contributed by atoms with Crippen molar-refractivity contribution in [3.05, 3.63) is 51.2 Å². The highest BCUT2D eigenvalue weighted by Crippen LogP contribution is 2.51. The molecule has 2 aliphatic rings. The Balaban J connectivity index is 1.83. The maximum atomic E-state index is 14.7. The van der Waals surface area contributed by atoms with E-state index in [1.807, 2.05) is 32.6 Å². The summed E-state index contributed by atoms with van der Waals surface area (Å²) in [7, 11) is 0. The number of carbonyl (C=O) groups is 1. The molecule has 2 aromatic heterocycles. The molecular formula is C27H28ClF3N4O2S2. The van der Waals surface area contributed by atoms with Crippen molar-refractivity contribution < 1.29 is 18.0 Å². The topological polar surface area (TPSA) is 58.4 Å². The Kier molecular flexibility index (Phi) is 7.30. The Morgan fingerprint density at radius 3 is 2.54 bits per heavy atom. The van der Waals surface area contributed by atoms with Gasteiger partial charge in [-0.2, -0.15) is 18.2 Å². The second kappa shape index (κ2) is 10.2. The van der Waals surface area contributed by atoms with Crippen molar-refractivity contribution in [1.29, 1.82) is 0 Å². The van der Waals surface area contributed by atoms with Gasteiger partial charge in [0.05, 0.1) is 22.1 Å². The van der Waals surface area contributed by atoms with E-state index in [1.54, 1.807) is 20.9 Å². The molecule has 0 N–H and O–H groups in total. The molecule has 0 spiro atoms. The predicted octanol–water partition coefficient (Wildman–Crippen LogP) is 6.71. The summed E-state index contributed by atoms with van der Waals surface area (Å²) in [6, 6.07) is 1.90. The van der Waals surface area contributed by atoms with Crippen LogP contribution in [0.25, 0.3) is 21.3 Å². The second-order valence-electron chi connectivity index (χ2n) is 10.4. The lowest BCUT2D eigenvalue weighted by Crippen LogP contribution is -2.58. The number of halogens is 4. The largest absolute Gasteiger partial charge is 0.417 e. The smallest absolute Gasteiger partial charge is 0.349 e. The molecule has 3 atom stereocenters. The maximum absolute atomic E-state index is 14.7. The number of thiophene rings is 1. The zero-order chi connectivity index (χ0) is 28.4. The summed E-state index contributed by atoms with van der Waals surface area (Å²) >= 11 is 8.63. The molecule has 0 saturated carbocycles. The molecule has 1 saturated heterocycles. The minimum absolute atomic E-state index is 0.0484. The Labute approximate surface area is 237 Å². The SMILES string of the molecule is C=CC(=O)N1C[C@H](C)N(c2nc(=O)n3c4c(c(-c5cc(Cl)cs5)c(C(F)(F)F)cc24)SCC3C(C)C)C[C@H]1C. The number of rotatable bonds is 4. The highest BCUT2D eigenvalue weighted by molar-refractivity contribution is 7.99. The van der Waals surface area contributed by atoms with E-state index in [2.05, 4.69) is 11.6 Å². The third kappa shape index (κ3) is 4.76. The highest BCUT2D eigenvalue weighted by atomic mass is 35.5. The standard InChI is InChI=1S/C27H28ClF3N4O2S2/c1-6-21(36)33-9-15(5)34(10-14(33)4)25-17-8-18(27(29,30)31)22(20-7-16(28)11-38-20)24-23(17)35(26(37)32-25)19(12-39-24)13(2)3/h6-8,11,13-15,19H,1,9-10,12H2,2-5H3/t14-,15+,19?/m1/s1. The number of carbonyl (C=O) groups excluding carboxylic acids is 1. The van der Waals surface area contributed by atoms with Gasteiger partial charge in [0.1, 0.15) is 5.82 Å². The van der Waals surface area contributed by atoms with Gasteiger partial charge in [-0.05, 0) is 38.0 Å². The first kappa shape index (κ1) is 28.0. The Bertz CT molecular complexity index is 1530. The van der Waals surface area contributed by atoms with Gasteiger partial charge < -0.3 is 9.80 Å². The van der Waals surface area contributed by atoms with E-state index in [9.17, 15) is 22.8 Å². The molecule has 6 nitrogen and oxygen atoms in total. The molecule has 4 heterocycles. The first-order chi connectivity index (χ1) is 18.3. The molecule has 1 aromatic carbocycles. The molecule has 39 heavy (non-hydrogen) atoms. The van der Waals surface area contributed by atoms with Crippen LogP contribution in [0.5, 0.6) is 0 Å². The third-order valence-corrected chi connectivity index (χ3v) is 9.97. The van der Waals surface area contributed by atoms with Crippen molar-refractivity contribution in [1.82, 2.24) is 14.5 Å². The number of nitrogens with zero attached hydrogens (tertiary/aromatic N) is 4. The quantitative estimate of drug-likeness (QED) is 0.313. The lowest BCUT2D eigenvalue weighted by Gasteiger charge is -2.45. The zero-order valence-electron chi connectivity index (χ0n) is 21.9. The molecular weight excluding hydrogens is 569 g/mol. The van der Waals surface area contributed by atoms with E-state index in [-0.39, 0.29) is 46.7 Å². The van der Waals surface area contributed by atoms with Crippen molar-refractivity contribution in [3.8, 4) is 10.4 Å². The van der Waals surface area contributed by atoms with Crippen molar-refractivity contribution in [2.75, 3.05) is 23.7 Å². The number of hydrogen-bond acceptors (Lipinski definition) is 6. The number of aromatic nitrogens is 2. The van der Waals surface area contributed by atoms with Gasteiger partial charge >= 0.3 is 11.9 Å². The van der Waals surface area contributed by atoms with Crippen LogP contribution in [0.2, 0.25) is 5.02 Å². The molecule has 3 aromatic rings. The fourth-order valence-electron chi connectivity index (χ4n) is 5.52. The number of anilines is 1. The average molecular weight is 597 g/mol. The number of thioether (sulfide) groups is 1. The normalized spacial score (nSPS) is 21.6. The summed E-state index contributed by atoms with van der Waals surface area (Å²) in [6.45, 7) is 11.9. The summed E-state index contributed by atoms with van der Waals surface area (Å²) in [5.74, 6) is 0.509. The summed E-state index contributed by atoms with van der Waals surface area (Å²) in [5, 5.41) is 2.25. The van der Waals surface area contributed by atoms with Crippen LogP contribution >= 0.6 is 34.7 Å². The van der Waals surface area contributed by atoms with Gasteiger partial charge in [-0.25, -0.2) is 4.79 Å². The van der Waals surface area contributed by atoms with E-state index < -0.39 is 17.4 Å². The number of hydrogen-bond donors (Lipinski definition) is 0. The van der Waals surface area contributed by atoms with Crippen molar-refractivity contribution >= 4 is 57.3 Å². The van der Waals surface area contributed by atoms with E-state index in [4.69, 9.17) is 11.6 Å². The minimum atomic E-state index is -4.65. The summed E-state index contributed by atoms with van der Waals surface area (Å²) < 4.78 is 45.6. The molecule has 1 unspecified atom stereocenters. The minimum Gasteiger partial charge on any atom is -0.349 e. The van der Waals surface area contributed by atoms with E-state index in [0.29, 0.717) is 39.2 Å². The third-order valence-electron chi connectivity index (χ3n) is 7.48. The van der Waals surface area contributed by atoms with Gasteiger partial charge in [-0.3, -0.25) is 9.36 Å². The number of benzene rings is 1. The lowest BCUT2D eigenvalue weighted by atomic mass is 9.98. The molecule has 0 radical (unpaired) electrons. The van der Waals surface area contributed by atoms with Gasteiger partial charge in [-0.15, -0.1) is 23.1 Å². The monoisotopic (exact) mass is 596 g/mol. The maximum Gasteiger partial charge on any atom is 0.417 e. The van der Waals surface area contributed by atoms with Crippen molar-refractivity contribution in [3.63, 3.8) is 0 Å². The van der Waals surface area contributed by atoms with Gasteiger partial charge in [0.15, 0.2) is 0 Å². The molecule has 1 amide bonds. The Morgan fingerprint density at radius 1 is 1.23 bits per heavy atom. The predicted molar refractivity (Wildman–Crippen MR) is 152 cm³/mol. The van der Waals surface area contributed by atoms with Gasteiger partial charge in [0, 0.05) is 57.0 Å². The van der Waals surface area contributed by atoms with Crippen LogP contribution in [0.15, 0.2) is 39.9 Å². The van der Waals surface area contributed by atoms with Crippen LogP contribution in [0.3, 0.4) is 0 Å². The van der Waals surface area contributed by atoms with Gasteiger partial charge in [0.25, 0.3) is 0 Å². The van der Waals surface area contributed by atoms with E-state index >= 15 is 0 Å². The molecule has 0 bridgehead atoms. The van der Waals surface area contributed by atoms with Crippen LogP contribution in [-0.2, 0) is 11.0 Å². The van der Waals surface area contributed by atoms with E-state index in [1.165, 1.54) is 17.8 Å². The molecule has 1 fully saturated rings. The summed E-state index contributed by atoms with van der Waals surface area (Å²) in [6.07, 6.45) is -3.40. The lowest BCUT2D eigenvalue weighted by molar-refractivity contribution is -0.137. The van der Waals surface area contributed by atoms with Crippen molar-refractivity contribution in [2.24, 2.45) is 5.92 Å². The molecule has 2 aliphatic heterocycles. The molecule has 12 heteroatoms. The first-order valence-corrected chi connectivity index (χ1v) is 14.8. The Morgan fingerprint density at radius 2 is 1.95 bits per heavy atom. The Hall–Kier alpha value is -2.50. The number of piperazine rings is 1. The van der Waals surface area contributed by atoms with Gasteiger partial charge in [0.2, 0.25) is 5.91 Å². The number of alkyl halides is 3. The molecule has 208 valence electrons. The zero-order valence-corrected chi connectivity index (χ0v) is 24.3. The summed E-state index contributed by atoms with van der Waals surface area (Å²) in [4.78, 5) is 34.8. The van der Waals surface area contributed by atoms with Crippen molar-refractivity contribution in [2.45, 2.75) is 56.9 Å². The van der Waals surface area contributed by atoms with Crippen LogP contribution in [0, 0.1) is 5.92 Å². The fraction of sp³-hybridized carbons (Fsp3) is 0.444. The molecule has 5 rings (SSSR count). The average Bonchev–Trinajstić information content (AvgIpc) is 3.31. The number of amides is 1. The van der Waals surface area contributed by atoms with Crippen LogP contribution in [0.1, 0.15) is 39.3 Å². The molecule has 0 aliphatic carbocycles. The van der Waals surface area contributed by atoms with Crippen LogP contribution < -0.4 is 10.6 Å². The summed E-state index contributed by atoms with van der Waals surface area (Å²) in [5.41, 5.74) is -0.755. The second-order valence-corrected chi connectivity index (χ2v) is 12.8. The van der Waals surface area contributed by atoms with Crippen LogP contribution in [0.4, 0.5) is 19.0 Å². The van der Waals surface area contributed by atoms with Gasteiger partial charge in [-0.1, -0.05) is 32.0 Å². The highest BCUT2D eigenvalue weighted by Gasteiger charge is 2.41. The first-order valence-electron chi connectivity index (χ1n) is 12.6. The fourth-order valence-corrected chi connectivity index (χ4v) is 8.30.